The van der Waals surface area contributed by atoms with Crippen LogP contribution in [-0.2, 0) is 16.1 Å². The van der Waals surface area contributed by atoms with Crippen LogP contribution in [0, 0.1) is 0 Å². The molecule has 7 heteroatoms. The van der Waals surface area contributed by atoms with Gasteiger partial charge < -0.3 is 19.5 Å². The van der Waals surface area contributed by atoms with Crippen molar-refractivity contribution in [3.8, 4) is 5.75 Å². The van der Waals surface area contributed by atoms with E-state index in [1.165, 1.54) is 0 Å². The summed E-state index contributed by atoms with van der Waals surface area (Å²) in [5.41, 5.74) is 0.715. The second kappa shape index (κ2) is 7.16. The minimum atomic E-state index is -0.538. The summed E-state index contributed by atoms with van der Waals surface area (Å²) in [5, 5.41) is 2.85. The van der Waals surface area contributed by atoms with Gasteiger partial charge in [0.15, 0.2) is 6.10 Å². The highest BCUT2D eigenvalue weighted by molar-refractivity contribution is 6.00. The number of rotatable bonds is 6. The zero-order chi connectivity index (χ0) is 16.9. The molecular formula is C17H20N4O3. The van der Waals surface area contributed by atoms with Crippen molar-refractivity contribution in [2.24, 2.45) is 0 Å². The Kier molecular flexibility index (Phi) is 4.79. The minimum Gasteiger partial charge on any atom is -0.479 e. The van der Waals surface area contributed by atoms with Gasteiger partial charge in [0.2, 0.25) is 5.91 Å². The highest BCUT2D eigenvalue weighted by Crippen LogP contribution is 2.33. The molecule has 1 aromatic heterocycles. The minimum absolute atomic E-state index is 0.0838. The van der Waals surface area contributed by atoms with E-state index in [2.05, 4.69) is 10.3 Å². The van der Waals surface area contributed by atoms with Gasteiger partial charge in [-0.3, -0.25) is 9.59 Å². The molecule has 0 radical (unpaired) electrons. The van der Waals surface area contributed by atoms with E-state index >= 15 is 0 Å². The molecule has 0 fully saturated rings. The van der Waals surface area contributed by atoms with Crippen LogP contribution in [0.3, 0.4) is 0 Å². The van der Waals surface area contributed by atoms with Gasteiger partial charge in [-0.05, 0) is 19.1 Å². The van der Waals surface area contributed by atoms with Crippen molar-refractivity contribution >= 4 is 17.5 Å². The molecule has 7 nitrogen and oxygen atoms in total. The van der Waals surface area contributed by atoms with Crippen LogP contribution in [-0.4, -0.2) is 40.6 Å². The molecule has 24 heavy (non-hydrogen) atoms. The number of benzene rings is 1. The van der Waals surface area contributed by atoms with Crippen molar-refractivity contribution in [3.05, 3.63) is 43.0 Å². The van der Waals surface area contributed by atoms with Crippen LogP contribution in [0.2, 0.25) is 0 Å². The first-order valence-corrected chi connectivity index (χ1v) is 7.94. The summed E-state index contributed by atoms with van der Waals surface area (Å²) >= 11 is 0. The normalized spacial score (nSPS) is 16.5. The fourth-order valence-electron chi connectivity index (χ4n) is 2.63. The molecule has 0 saturated carbocycles. The van der Waals surface area contributed by atoms with Gasteiger partial charge in [-0.15, -0.1) is 0 Å². The number of hydrogen-bond acceptors (Lipinski definition) is 4. The van der Waals surface area contributed by atoms with Crippen LogP contribution >= 0.6 is 0 Å². The van der Waals surface area contributed by atoms with Crippen LogP contribution in [0.25, 0.3) is 0 Å². The van der Waals surface area contributed by atoms with E-state index in [-0.39, 0.29) is 18.2 Å². The highest BCUT2D eigenvalue weighted by Gasteiger charge is 2.31. The number of nitrogens with one attached hydrogen (secondary N) is 1. The summed E-state index contributed by atoms with van der Waals surface area (Å²) in [7, 11) is 0. The molecule has 1 atom stereocenters. The number of aromatic nitrogens is 2. The molecule has 126 valence electrons. The Morgan fingerprint density at radius 1 is 1.33 bits per heavy atom. The number of nitrogens with zero attached hydrogens (tertiary/aromatic N) is 3. The largest absolute Gasteiger partial charge is 0.479 e. The molecule has 0 bridgehead atoms. The van der Waals surface area contributed by atoms with Gasteiger partial charge >= 0.3 is 0 Å². The fraction of sp³-hybridized carbons (Fsp3) is 0.353. The molecule has 2 amide bonds. The van der Waals surface area contributed by atoms with E-state index in [9.17, 15) is 9.59 Å². The first-order valence-electron chi connectivity index (χ1n) is 7.94. The van der Waals surface area contributed by atoms with Crippen LogP contribution in [0.15, 0.2) is 43.0 Å². The van der Waals surface area contributed by atoms with Gasteiger partial charge in [0, 0.05) is 38.4 Å². The number of anilines is 1. The Hall–Kier alpha value is -2.83. The second-order valence-electron chi connectivity index (χ2n) is 5.62. The lowest BCUT2D eigenvalue weighted by Gasteiger charge is -2.32. The van der Waals surface area contributed by atoms with Gasteiger partial charge in [-0.1, -0.05) is 12.1 Å². The SMILES string of the molecule is CC1Oc2ccccc2N(CCC(=O)NCCn2ccnc2)C1=O. The molecule has 1 aromatic carbocycles. The lowest BCUT2D eigenvalue weighted by Crippen LogP contribution is -2.45. The summed E-state index contributed by atoms with van der Waals surface area (Å²) in [5.74, 6) is 0.463. The van der Waals surface area contributed by atoms with Crippen molar-refractivity contribution in [2.45, 2.75) is 26.0 Å². The van der Waals surface area contributed by atoms with Gasteiger partial charge in [0.1, 0.15) is 5.75 Å². The smallest absolute Gasteiger partial charge is 0.267 e. The van der Waals surface area contributed by atoms with Crippen LogP contribution in [0.4, 0.5) is 5.69 Å². The van der Waals surface area contributed by atoms with Crippen LogP contribution < -0.4 is 15.0 Å². The van der Waals surface area contributed by atoms with Crippen molar-refractivity contribution in [3.63, 3.8) is 0 Å². The maximum Gasteiger partial charge on any atom is 0.267 e. The van der Waals surface area contributed by atoms with E-state index < -0.39 is 6.10 Å². The third-order valence-electron chi connectivity index (χ3n) is 3.89. The monoisotopic (exact) mass is 328 g/mol. The molecule has 0 aliphatic carbocycles. The van der Waals surface area contributed by atoms with Gasteiger partial charge in [0.25, 0.3) is 5.91 Å². The third kappa shape index (κ3) is 3.56. The molecule has 0 saturated heterocycles. The first-order chi connectivity index (χ1) is 11.6. The zero-order valence-corrected chi connectivity index (χ0v) is 13.5. The Labute approximate surface area is 140 Å². The molecule has 1 aliphatic heterocycles. The molecule has 1 N–H and O–H groups in total. The predicted molar refractivity (Wildman–Crippen MR) is 88.7 cm³/mol. The number of ether oxygens (including phenoxy) is 1. The maximum atomic E-state index is 12.3. The van der Waals surface area contributed by atoms with Gasteiger partial charge in [-0.2, -0.15) is 0 Å². The molecule has 1 unspecified atom stereocenters. The maximum absolute atomic E-state index is 12.3. The zero-order valence-electron chi connectivity index (χ0n) is 13.5. The molecular weight excluding hydrogens is 308 g/mol. The number of hydrogen-bond donors (Lipinski definition) is 1. The van der Waals surface area contributed by atoms with Gasteiger partial charge in [0.05, 0.1) is 12.0 Å². The molecule has 0 spiro atoms. The average molecular weight is 328 g/mol. The number of imidazole rings is 1. The fourth-order valence-corrected chi connectivity index (χ4v) is 2.63. The quantitative estimate of drug-likeness (QED) is 0.864. The van der Waals surface area contributed by atoms with E-state index in [0.717, 1.165) is 0 Å². The Balaban J connectivity index is 1.53. The number of para-hydroxylation sites is 2. The van der Waals surface area contributed by atoms with Crippen LogP contribution in [0.1, 0.15) is 13.3 Å². The van der Waals surface area contributed by atoms with E-state index in [1.807, 2.05) is 35.0 Å². The number of amides is 2. The average Bonchev–Trinajstić information content (AvgIpc) is 3.09. The van der Waals surface area contributed by atoms with E-state index in [0.29, 0.717) is 31.1 Å². The Morgan fingerprint density at radius 3 is 2.96 bits per heavy atom. The summed E-state index contributed by atoms with van der Waals surface area (Å²) in [6.45, 7) is 3.25. The van der Waals surface area contributed by atoms with E-state index in [1.54, 1.807) is 24.3 Å². The summed E-state index contributed by atoms with van der Waals surface area (Å²) in [4.78, 5) is 29.9. The summed E-state index contributed by atoms with van der Waals surface area (Å²) in [6, 6.07) is 7.37. The van der Waals surface area contributed by atoms with E-state index in [4.69, 9.17) is 4.74 Å². The second-order valence-corrected chi connectivity index (χ2v) is 5.62. The Morgan fingerprint density at radius 2 is 2.17 bits per heavy atom. The summed E-state index contributed by atoms with van der Waals surface area (Å²) < 4.78 is 7.48. The third-order valence-corrected chi connectivity index (χ3v) is 3.89. The molecule has 1 aliphatic rings. The standard InChI is InChI=1S/C17H20N4O3/c1-13-17(23)21(14-4-2-3-5-15(14)24-13)9-6-16(22)19-8-11-20-10-7-18-12-20/h2-5,7,10,12-13H,6,8-9,11H2,1H3,(H,19,22). The first kappa shape index (κ1) is 16.0. The van der Waals surface area contributed by atoms with Crippen LogP contribution in [0.5, 0.6) is 5.75 Å². The molecule has 2 heterocycles. The number of carbonyl (C=O) groups is 2. The number of fused-ring (bicyclic) bond motifs is 1. The lowest BCUT2D eigenvalue weighted by atomic mass is 10.1. The van der Waals surface area contributed by atoms with Gasteiger partial charge in [-0.25, -0.2) is 4.98 Å². The Bertz CT molecular complexity index is 714. The lowest BCUT2D eigenvalue weighted by molar-refractivity contribution is -0.125. The summed E-state index contributed by atoms with van der Waals surface area (Å²) in [6.07, 6.45) is 4.96. The topological polar surface area (TPSA) is 76.5 Å². The number of carbonyl (C=O) groups excluding carboxylic acids is 2. The predicted octanol–water partition coefficient (Wildman–Crippen LogP) is 1.20. The van der Waals surface area contributed by atoms with Crippen molar-refractivity contribution in [1.29, 1.82) is 0 Å². The molecule has 3 rings (SSSR count). The highest BCUT2D eigenvalue weighted by atomic mass is 16.5. The van der Waals surface area contributed by atoms with Crippen molar-refractivity contribution in [2.75, 3.05) is 18.0 Å². The molecule has 2 aromatic rings. The van der Waals surface area contributed by atoms with Crippen molar-refractivity contribution in [1.82, 2.24) is 14.9 Å². The van der Waals surface area contributed by atoms with Crippen molar-refractivity contribution < 1.29 is 14.3 Å².